The Balaban J connectivity index is 2.11. The van der Waals surface area contributed by atoms with E-state index in [4.69, 9.17) is 4.74 Å². The maximum atomic E-state index is 13.2. The van der Waals surface area contributed by atoms with Gasteiger partial charge < -0.3 is 9.84 Å². The number of nitro groups is 1. The number of benzene rings is 2. The van der Waals surface area contributed by atoms with Crippen LogP contribution in [-0.2, 0) is 6.54 Å². The summed E-state index contributed by atoms with van der Waals surface area (Å²) in [4.78, 5) is 35.5. The molecule has 0 aliphatic carbocycles. The van der Waals surface area contributed by atoms with Crippen molar-refractivity contribution in [2.24, 2.45) is 0 Å². The van der Waals surface area contributed by atoms with Gasteiger partial charge >= 0.3 is 5.97 Å². The number of nitrogens with zero attached hydrogens (tertiary/aromatic N) is 4. The number of nitro benzene ring substituents is 1. The zero-order chi connectivity index (χ0) is 21.1. The molecule has 1 aromatic heterocycles. The third-order valence-electron chi connectivity index (χ3n) is 4.32. The minimum atomic E-state index is -1.45. The molecule has 0 aliphatic rings. The standard InChI is InChI=1S/C19H16N4O6/c1-11-4-3-5-14(23(27)28)15(11)18(24)17-16(19(25)26)20-21-22(17)10-12-6-8-13(29-2)9-7-12/h3-9H,10H2,1-2H3,(H,25,26). The molecule has 0 saturated carbocycles. The SMILES string of the molecule is COc1ccc(Cn2nnc(C(=O)O)c2C(=O)c2c(C)cccc2[N+](=O)[O-])cc1. The largest absolute Gasteiger partial charge is 0.497 e. The molecule has 0 saturated heterocycles. The van der Waals surface area contributed by atoms with E-state index >= 15 is 0 Å². The van der Waals surface area contributed by atoms with E-state index in [2.05, 4.69) is 10.3 Å². The van der Waals surface area contributed by atoms with E-state index < -0.39 is 28.1 Å². The van der Waals surface area contributed by atoms with Crippen LogP contribution in [0.5, 0.6) is 5.75 Å². The van der Waals surface area contributed by atoms with Crippen LogP contribution in [0.4, 0.5) is 5.69 Å². The first kappa shape index (κ1) is 19.7. The van der Waals surface area contributed by atoms with Crippen molar-refractivity contribution in [3.8, 4) is 5.75 Å². The van der Waals surface area contributed by atoms with Gasteiger partial charge in [0.25, 0.3) is 5.69 Å². The minimum Gasteiger partial charge on any atom is -0.497 e. The number of ether oxygens (including phenoxy) is 1. The van der Waals surface area contributed by atoms with E-state index in [0.29, 0.717) is 16.9 Å². The van der Waals surface area contributed by atoms with Crippen LogP contribution in [0, 0.1) is 17.0 Å². The molecule has 10 heteroatoms. The highest BCUT2D eigenvalue weighted by Gasteiger charge is 2.31. The zero-order valence-corrected chi connectivity index (χ0v) is 15.5. The van der Waals surface area contributed by atoms with E-state index in [1.54, 1.807) is 24.3 Å². The number of carbonyl (C=O) groups is 2. The number of rotatable bonds is 7. The summed E-state index contributed by atoms with van der Waals surface area (Å²) in [6, 6.07) is 11.1. The Kier molecular flexibility index (Phi) is 5.35. The summed E-state index contributed by atoms with van der Waals surface area (Å²) in [6.45, 7) is 1.59. The van der Waals surface area contributed by atoms with E-state index in [-0.39, 0.29) is 17.8 Å². The molecule has 0 fully saturated rings. The van der Waals surface area contributed by atoms with Gasteiger partial charge in [0, 0.05) is 6.07 Å². The highest BCUT2D eigenvalue weighted by atomic mass is 16.6. The van der Waals surface area contributed by atoms with Gasteiger partial charge in [-0.05, 0) is 30.2 Å². The molecule has 2 aromatic carbocycles. The number of hydrogen-bond acceptors (Lipinski definition) is 7. The second-order valence-corrected chi connectivity index (χ2v) is 6.15. The molecule has 0 aliphatic heterocycles. The molecule has 0 atom stereocenters. The molecule has 0 radical (unpaired) electrons. The number of aryl methyl sites for hydroxylation is 1. The van der Waals surface area contributed by atoms with Crippen LogP contribution >= 0.6 is 0 Å². The van der Waals surface area contributed by atoms with Gasteiger partial charge in [-0.15, -0.1) is 5.10 Å². The van der Waals surface area contributed by atoms with Gasteiger partial charge in [-0.2, -0.15) is 0 Å². The molecule has 1 N–H and O–H groups in total. The topological polar surface area (TPSA) is 137 Å². The van der Waals surface area contributed by atoms with E-state index in [1.807, 2.05) is 0 Å². The quantitative estimate of drug-likeness (QED) is 0.365. The Morgan fingerprint density at radius 3 is 2.48 bits per heavy atom. The third-order valence-corrected chi connectivity index (χ3v) is 4.32. The minimum absolute atomic E-state index is 0.0467. The third kappa shape index (κ3) is 3.81. The Morgan fingerprint density at radius 1 is 1.21 bits per heavy atom. The highest BCUT2D eigenvalue weighted by molar-refractivity contribution is 6.15. The van der Waals surface area contributed by atoms with Gasteiger partial charge in [0.1, 0.15) is 17.0 Å². The first-order valence-corrected chi connectivity index (χ1v) is 8.42. The van der Waals surface area contributed by atoms with Gasteiger partial charge in [-0.25, -0.2) is 9.48 Å². The van der Waals surface area contributed by atoms with Gasteiger partial charge in [0.05, 0.1) is 18.6 Å². The summed E-state index contributed by atoms with van der Waals surface area (Å²) >= 11 is 0. The van der Waals surface area contributed by atoms with Crippen molar-refractivity contribution in [2.45, 2.75) is 13.5 Å². The van der Waals surface area contributed by atoms with Crippen LogP contribution in [-0.4, -0.2) is 43.9 Å². The Morgan fingerprint density at radius 2 is 1.90 bits per heavy atom. The Labute approximate surface area is 164 Å². The van der Waals surface area contributed by atoms with Crippen LogP contribution in [0.25, 0.3) is 0 Å². The molecular formula is C19H16N4O6. The van der Waals surface area contributed by atoms with E-state index in [1.165, 1.54) is 32.2 Å². The number of carboxylic acids is 1. The lowest BCUT2D eigenvalue weighted by molar-refractivity contribution is -0.385. The maximum absolute atomic E-state index is 13.2. The molecule has 1 heterocycles. The summed E-state index contributed by atoms with van der Waals surface area (Å²) in [6.07, 6.45) is 0. The van der Waals surface area contributed by atoms with Crippen LogP contribution < -0.4 is 4.74 Å². The molecule has 148 valence electrons. The normalized spacial score (nSPS) is 10.6. The lowest BCUT2D eigenvalue weighted by Crippen LogP contribution is -2.18. The molecule has 29 heavy (non-hydrogen) atoms. The molecule has 0 unspecified atom stereocenters. The monoisotopic (exact) mass is 396 g/mol. The zero-order valence-electron chi connectivity index (χ0n) is 15.5. The summed E-state index contributed by atoms with van der Waals surface area (Å²) in [5, 5.41) is 28.2. The number of carboxylic acid groups (broad SMARTS) is 1. The number of hydrogen-bond donors (Lipinski definition) is 1. The molecule has 3 rings (SSSR count). The summed E-state index contributed by atoms with van der Waals surface area (Å²) in [5.41, 5.74) is -0.452. The van der Waals surface area contributed by atoms with Crippen LogP contribution in [0.1, 0.15) is 37.7 Å². The van der Waals surface area contributed by atoms with Crippen molar-refractivity contribution in [3.05, 3.63) is 80.7 Å². The Hall–Kier alpha value is -4.08. The van der Waals surface area contributed by atoms with Crippen molar-refractivity contribution in [1.29, 1.82) is 0 Å². The second-order valence-electron chi connectivity index (χ2n) is 6.15. The second kappa shape index (κ2) is 7.89. The molecule has 10 nitrogen and oxygen atoms in total. The van der Waals surface area contributed by atoms with Gasteiger partial charge in [-0.3, -0.25) is 14.9 Å². The fourth-order valence-corrected chi connectivity index (χ4v) is 2.91. The summed E-state index contributed by atoms with van der Waals surface area (Å²) < 4.78 is 6.22. The first-order valence-electron chi connectivity index (χ1n) is 8.42. The molecule has 3 aromatic rings. The predicted octanol–water partition coefficient (Wildman–Crippen LogP) is 2.48. The predicted molar refractivity (Wildman–Crippen MR) is 100 cm³/mol. The van der Waals surface area contributed by atoms with Gasteiger partial charge in [-0.1, -0.05) is 29.5 Å². The molecular weight excluding hydrogens is 380 g/mol. The first-order chi connectivity index (χ1) is 13.8. The van der Waals surface area contributed by atoms with E-state index in [0.717, 1.165) is 4.68 Å². The number of aromatic nitrogens is 3. The Bertz CT molecular complexity index is 1100. The van der Waals surface area contributed by atoms with Crippen molar-refractivity contribution >= 4 is 17.4 Å². The van der Waals surface area contributed by atoms with Crippen molar-refractivity contribution in [3.63, 3.8) is 0 Å². The van der Waals surface area contributed by atoms with Crippen LogP contribution in [0.3, 0.4) is 0 Å². The van der Waals surface area contributed by atoms with Crippen LogP contribution in [0.2, 0.25) is 0 Å². The summed E-state index contributed by atoms with van der Waals surface area (Å²) in [7, 11) is 1.53. The number of ketones is 1. The fraction of sp³-hybridized carbons (Fsp3) is 0.158. The molecule has 0 bridgehead atoms. The number of aromatic carboxylic acids is 1. The van der Waals surface area contributed by atoms with Crippen molar-refractivity contribution < 1.29 is 24.4 Å². The summed E-state index contributed by atoms with van der Waals surface area (Å²) in [5.74, 6) is -1.65. The van der Waals surface area contributed by atoms with E-state index in [9.17, 15) is 24.8 Å². The molecule has 0 spiro atoms. The smallest absolute Gasteiger partial charge is 0.358 e. The number of carbonyl (C=O) groups excluding carboxylic acids is 1. The highest BCUT2D eigenvalue weighted by Crippen LogP contribution is 2.26. The maximum Gasteiger partial charge on any atom is 0.358 e. The molecule has 0 amide bonds. The van der Waals surface area contributed by atoms with Gasteiger partial charge in [0.2, 0.25) is 11.5 Å². The lowest BCUT2D eigenvalue weighted by Gasteiger charge is -2.09. The fourth-order valence-electron chi connectivity index (χ4n) is 2.91. The lowest BCUT2D eigenvalue weighted by atomic mass is 9.99. The van der Waals surface area contributed by atoms with Crippen molar-refractivity contribution in [1.82, 2.24) is 15.0 Å². The number of methoxy groups -OCH3 is 1. The van der Waals surface area contributed by atoms with Crippen LogP contribution in [0.15, 0.2) is 42.5 Å². The van der Waals surface area contributed by atoms with Gasteiger partial charge in [0.15, 0.2) is 0 Å². The average molecular weight is 396 g/mol. The average Bonchev–Trinajstić information content (AvgIpc) is 3.11. The van der Waals surface area contributed by atoms with Crippen molar-refractivity contribution in [2.75, 3.05) is 7.11 Å².